The Morgan fingerprint density at radius 2 is 1.86 bits per heavy atom. The lowest BCUT2D eigenvalue weighted by atomic mass is 9.98. The molecule has 3 unspecified atom stereocenters. The number of hydrogen-bond donors (Lipinski definition) is 3. The second kappa shape index (κ2) is 4.14. The van der Waals surface area contributed by atoms with Crippen LogP contribution in [-0.4, -0.2) is 52.5 Å². The molecule has 3 atom stereocenters. The molecule has 2 bridgehead atoms. The molecule has 4 heteroatoms. The Bertz CT molecular complexity index is 187. The van der Waals surface area contributed by atoms with Gasteiger partial charge < -0.3 is 15.9 Å². The van der Waals surface area contributed by atoms with E-state index in [1.807, 2.05) is 0 Å². The Morgan fingerprint density at radius 3 is 2.36 bits per heavy atom. The molecule has 0 saturated carbocycles. The van der Waals surface area contributed by atoms with E-state index in [9.17, 15) is 5.11 Å². The predicted molar refractivity (Wildman–Crippen MR) is 53.8 cm³/mol. The van der Waals surface area contributed by atoms with Gasteiger partial charge in [0, 0.05) is 24.7 Å². The Kier molecular flexibility index (Phi) is 3.07. The number of nitrogens with zero attached hydrogens (tertiary/aromatic N) is 1. The van der Waals surface area contributed by atoms with Gasteiger partial charge in [-0.15, -0.1) is 0 Å². The number of fused-ring (bicyclic) bond motifs is 2. The van der Waals surface area contributed by atoms with E-state index < -0.39 is 6.10 Å². The van der Waals surface area contributed by atoms with Crippen LogP contribution in [0.25, 0.3) is 0 Å². The van der Waals surface area contributed by atoms with Crippen molar-refractivity contribution < 1.29 is 10.2 Å². The number of aliphatic hydroxyl groups excluding tert-OH is 2. The minimum atomic E-state index is -0.590. The zero-order valence-corrected chi connectivity index (χ0v) is 8.47. The van der Waals surface area contributed by atoms with E-state index in [4.69, 9.17) is 10.8 Å². The van der Waals surface area contributed by atoms with Crippen LogP contribution in [0.4, 0.5) is 0 Å². The van der Waals surface area contributed by atoms with E-state index in [-0.39, 0.29) is 6.61 Å². The zero-order chi connectivity index (χ0) is 10.1. The third-order valence-corrected chi connectivity index (χ3v) is 3.55. The van der Waals surface area contributed by atoms with Crippen LogP contribution in [0.3, 0.4) is 0 Å². The molecule has 2 aliphatic heterocycles. The van der Waals surface area contributed by atoms with E-state index in [1.165, 1.54) is 12.8 Å². The second-order valence-corrected chi connectivity index (χ2v) is 4.65. The highest BCUT2D eigenvalue weighted by Crippen LogP contribution is 2.34. The molecule has 4 N–H and O–H groups in total. The van der Waals surface area contributed by atoms with Gasteiger partial charge in [-0.1, -0.05) is 0 Å². The smallest absolute Gasteiger partial charge is 0.0897 e. The maximum atomic E-state index is 9.42. The second-order valence-electron chi connectivity index (χ2n) is 4.65. The van der Waals surface area contributed by atoms with E-state index in [0.717, 1.165) is 12.8 Å². The Hall–Kier alpha value is -0.160. The highest BCUT2D eigenvalue weighted by Gasteiger charge is 2.39. The molecule has 4 nitrogen and oxygen atoms in total. The topological polar surface area (TPSA) is 69.7 Å². The summed E-state index contributed by atoms with van der Waals surface area (Å²) in [6, 6.07) is 1.44. The molecule has 0 aromatic heterocycles. The fourth-order valence-electron chi connectivity index (χ4n) is 2.92. The van der Waals surface area contributed by atoms with Gasteiger partial charge in [0.1, 0.15) is 0 Å². The first-order valence-corrected chi connectivity index (χ1v) is 5.51. The first kappa shape index (κ1) is 10.4. The minimum Gasteiger partial charge on any atom is -0.394 e. The van der Waals surface area contributed by atoms with Crippen LogP contribution in [0, 0.1) is 0 Å². The van der Waals surface area contributed by atoms with Gasteiger partial charge >= 0.3 is 0 Å². The quantitative estimate of drug-likeness (QED) is 0.563. The lowest BCUT2D eigenvalue weighted by molar-refractivity contribution is 0.0264. The summed E-state index contributed by atoms with van der Waals surface area (Å²) in [6.07, 6.45) is 3.92. The van der Waals surface area contributed by atoms with Crippen LogP contribution in [0.15, 0.2) is 0 Å². The van der Waals surface area contributed by atoms with Gasteiger partial charge in [-0.2, -0.15) is 0 Å². The van der Waals surface area contributed by atoms with Gasteiger partial charge in [-0.25, -0.2) is 0 Å². The van der Waals surface area contributed by atoms with E-state index in [1.54, 1.807) is 0 Å². The number of hydrogen-bond acceptors (Lipinski definition) is 4. The summed E-state index contributed by atoms with van der Waals surface area (Å²) in [5.74, 6) is 0. The van der Waals surface area contributed by atoms with Crippen molar-refractivity contribution in [2.75, 3.05) is 13.2 Å². The molecule has 2 heterocycles. The van der Waals surface area contributed by atoms with Crippen molar-refractivity contribution in [3.63, 3.8) is 0 Å². The van der Waals surface area contributed by atoms with Crippen molar-refractivity contribution in [3.8, 4) is 0 Å². The largest absolute Gasteiger partial charge is 0.394 e. The Labute approximate surface area is 84.7 Å². The number of aliphatic hydroxyl groups is 2. The first-order chi connectivity index (χ1) is 6.70. The van der Waals surface area contributed by atoms with Crippen molar-refractivity contribution in [2.24, 2.45) is 5.73 Å². The molecule has 0 aromatic rings. The molecule has 14 heavy (non-hydrogen) atoms. The van der Waals surface area contributed by atoms with Crippen molar-refractivity contribution in [2.45, 2.75) is 49.9 Å². The highest BCUT2D eigenvalue weighted by molar-refractivity contribution is 4.96. The van der Waals surface area contributed by atoms with Crippen LogP contribution in [0.5, 0.6) is 0 Å². The molecule has 82 valence electrons. The SMILES string of the molecule is NC1CC2CCC(C1)N2CC(O)CO. The molecule has 2 aliphatic rings. The third kappa shape index (κ3) is 1.93. The van der Waals surface area contributed by atoms with Gasteiger partial charge in [0.15, 0.2) is 0 Å². The highest BCUT2D eigenvalue weighted by atomic mass is 16.3. The van der Waals surface area contributed by atoms with E-state index >= 15 is 0 Å². The predicted octanol–water partition coefficient (Wildman–Crippen LogP) is -0.706. The van der Waals surface area contributed by atoms with Crippen LogP contribution in [-0.2, 0) is 0 Å². The fourth-order valence-corrected chi connectivity index (χ4v) is 2.92. The normalized spacial score (nSPS) is 40.1. The lowest BCUT2D eigenvalue weighted by Gasteiger charge is -2.38. The van der Waals surface area contributed by atoms with Gasteiger partial charge in [0.05, 0.1) is 12.7 Å². The van der Waals surface area contributed by atoms with Crippen LogP contribution in [0.1, 0.15) is 25.7 Å². The summed E-state index contributed by atoms with van der Waals surface area (Å²) < 4.78 is 0. The number of nitrogens with two attached hydrogens (primary N) is 1. The van der Waals surface area contributed by atoms with Gasteiger partial charge in [0.2, 0.25) is 0 Å². The summed E-state index contributed by atoms with van der Waals surface area (Å²) in [5, 5.41) is 18.2. The maximum Gasteiger partial charge on any atom is 0.0897 e. The average Bonchev–Trinajstić information content (AvgIpc) is 2.41. The Morgan fingerprint density at radius 1 is 1.29 bits per heavy atom. The van der Waals surface area contributed by atoms with Gasteiger partial charge in [-0.3, -0.25) is 4.90 Å². The Balaban J connectivity index is 1.94. The molecule has 0 amide bonds. The van der Waals surface area contributed by atoms with Crippen molar-refractivity contribution in [3.05, 3.63) is 0 Å². The molecule has 2 rings (SSSR count). The lowest BCUT2D eigenvalue weighted by Crippen LogP contribution is -2.50. The monoisotopic (exact) mass is 200 g/mol. The molecular formula is C10H20N2O2. The van der Waals surface area contributed by atoms with E-state index in [0.29, 0.717) is 24.7 Å². The fraction of sp³-hybridized carbons (Fsp3) is 1.00. The van der Waals surface area contributed by atoms with Crippen LogP contribution in [0.2, 0.25) is 0 Å². The van der Waals surface area contributed by atoms with Crippen molar-refractivity contribution in [1.82, 2.24) is 4.90 Å². The van der Waals surface area contributed by atoms with Gasteiger partial charge in [-0.05, 0) is 25.7 Å². The van der Waals surface area contributed by atoms with E-state index in [2.05, 4.69) is 4.90 Å². The molecule has 0 aromatic carbocycles. The molecular weight excluding hydrogens is 180 g/mol. The summed E-state index contributed by atoms with van der Waals surface area (Å²) in [5.41, 5.74) is 5.94. The number of piperidine rings is 1. The van der Waals surface area contributed by atoms with Gasteiger partial charge in [0.25, 0.3) is 0 Å². The molecule has 2 fully saturated rings. The maximum absolute atomic E-state index is 9.42. The first-order valence-electron chi connectivity index (χ1n) is 5.51. The van der Waals surface area contributed by atoms with Crippen molar-refractivity contribution >= 4 is 0 Å². The molecule has 0 aliphatic carbocycles. The summed E-state index contributed by atoms with van der Waals surface area (Å²) in [4.78, 5) is 2.34. The standard InChI is InChI=1S/C10H20N2O2/c11-7-3-8-1-2-9(4-7)12(8)5-10(14)6-13/h7-10,13-14H,1-6,11H2. The third-order valence-electron chi connectivity index (χ3n) is 3.55. The molecule has 2 saturated heterocycles. The zero-order valence-electron chi connectivity index (χ0n) is 8.47. The minimum absolute atomic E-state index is 0.137. The van der Waals surface area contributed by atoms with Crippen LogP contribution < -0.4 is 5.73 Å². The summed E-state index contributed by atoms with van der Waals surface area (Å²) in [7, 11) is 0. The van der Waals surface area contributed by atoms with Crippen molar-refractivity contribution in [1.29, 1.82) is 0 Å². The summed E-state index contributed by atoms with van der Waals surface area (Å²) >= 11 is 0. The molecule has 0 spiro atoms. The number of rotatable bonds is 3. The average molecular weight is 200 g/mol. The molecule has 0 radical (unpaired) electrons. The summed E-state index contributed by atoms with van der Waals surface area (Å²) in [6.45, 7) is 0.473. The van der Waals surface area contributed by atoms with Crippen LogP contribution >= 0.6 is 0 Å².